The van der Waals surface area contributed by atoms with Gasteiger partial charge in [-0.05, 0) is 49.6 Å². The third-order valence-electron chi connectivity index (χ3n) is 2.50. The molecule has 3 heteroatoms. The van der Waals surface area contributed by atoms with E-state index in [9.17, 15) is 0 Å². The predicted molar refractivity (Wildman–Crippen MR) is 66.3 cm³/mol. The van der Waals surface area contributed by atoms with Crippen molar-refractivity contribution in [3.63, 3.8) is 0 Å². The fourth-order valence-electron chi connectivity index (χ4n) is 1.61. The number of rotatable bonds is 6. The molecule has 1 aromatic carbocycles. The second-order valence-corrected chi connectivity index (χ2v) is 3.82. The molecule has 0 aromatic heterocycles. The summed E-state index contributed by atoms with van der Waals surface area (Å²) in [6.45, 7) is 5.51. The highest BCUT2D eigenvalue weighted by Crippen LogP contribution is 2.30. The molecule has 0 unspecified atom stereocenters. The first-order valence-electron chi connectivity index (χ1n) is 5.73. The predicted octanol–water partition coefficient (Wildman–Crippen LogP) is 2.29. The lowest BCUT2D eigenvalue weighted by atomic mass is 10.0. The van der Waals surface area contributed by atoms with E-state index in [1.54, 1.807) is 7.11 Å². The molecule has 90 valence electrons. The highest BCUT2D eigenvalue weighted by atomic mass is 16.5. The Morgan fingerprint density at radius 2 is 2.00 bits per heavy atom. The fraction of sp³-hybridized carbons (Fsp3) is 0.538. The van der Waals surface area contributed by atoms with Gasteiger partial charge in [0.05, 0.1) is 13.7 Å². The summed E-state index contributed by atoms with van der Waals surface area (Å²) in [5.41, 5.74) is 8.01. The molecule has 0 radical (unpaired) electrons. The summed E-state index contributed by atoms with van der Waals surface area (Å²) in [5, 5.41) is 0. The normalized spacial score (nSPS) is 10.2. The van der Waals surface area contributed by atoms with Gasteiger partial charge in [0.15, 0.2) is 11.5 Å². The number of aryl methyl sites for hydroxylation is 1. The quantitative estimate of drug-likeness (QED) is 0.804. The van der Waals surface area contributed by atoms with Gasteiger partial charge in [0.25, 0.3) is 0 Å². The van der Waals surface area contributed by atoms with E-state index in [-0.39, 0.29) is 0 Å². The molecule has 1 rings (SSSR count). The Morgan fingerprint density at radius 3 is 2.56 bits per heavy atom. The van der Waals surface area contributed by atoms with Crippen LogP contribution in [0, 0.1) is 6.92 Å². The van der Waals surface area contributed by atoms with Crippen LogP contribution in [0.25, 0.3) is 0 Å². The Bertz CT molecular complexity index is 337. The van der Waals surface area contributed by atoms with Gasteiger partial charge in [0.1, 0.15) is 0 Å². The van der Waals surface area contributed by atoms with Crippen LogP contribution >= 0.6 is 0 Å². The van der Waals surface area contributed by atoms with Crippen molar-refractivity contribution in [1.29, 1.82) is 0 Å². The lowest BCUT2D eigenvalue weighted by Gasteiger charge is -2.13. The molecule has 0 saturated heterocycles. The van der Waals surface area contributed by atoms with E-state index >= 15 is 0 Å². The number of benzene rings is 1. The maximum Gasteiger partial charge on any atom is 0.161 e. The first-order chi connectivity index (χ1) is 7.72. The summed E-state index contributed by atoms with van der Waals surface area (Å²) in [5.74, 6) is 1.62. The van der Waals surface area contributed by atoms with E-state index in [2.05, 4.69) is 13.8 Å². The Labute approximate surface area is 97.6 Å². The first-order valence-corrected chi connectivity index (χ1v) is 5.73. The van der Waals surface area contributed by atoms with Crippen molar-refractivity contribution in [2.45, 2.75) is 26.7 Å². The lowest BCUT2D eigenvalue weighted by molar-refractivity contribution is 0.294. The van der Waals surface area contributed by atoms with Crippen molar-refractivity contribution in [3.05, 3.63) is 23.3 Å². The van der Waals surface area contributed by atoms with Gasteiger partial charge in [0, 0.05) is 0 Å². The van der Waals surface area contributed by atoms with Gasteiger partial charge in [0.2, 0.25) is 0 Å². The van der Waals surface area contributed by atoms with Gasteiger partial charge in [-0.1, -0.05) is 6.92 Å². The molecule has 2 N–H and O–H groups in total. The van der Waals surface area contributed by atoms with Crippen LogP contribution in [0.15, 0.2) is 12.1 Å². The molecule has 0 saturated carbocycles. The van der Waals surface area contributed by atoms with Gasteiger partial charge in [-0.2, -0.15) is 0 Å². The summed E-state index contributed by atoms with van der Waals surface area (Å²) in [4.78, 5) is 0. The summed E-state index contributed by atoms with van der Waals surface area (Å²) < 4.78 is 11.0. The third kappa shape index (κ3) is 3.14. The molecule has 1 aromatic rings. The highest BCUT2D eigenvalue weighted by molar-refractivity contribution is 5.47. The van der Waals surface area contributed by atoms with Gasteiger partial charge >= 0.3 is 0 Å². The topological polar surface area (TPSA) is 44.5 Å². The van der Waals surface area contributed by atoms with Crippen molar-refractivity contribution in [2.24, 2.45) is 5.73 Å². The van der Waals surface area contributed by atoms with Crippen molar-refractivity contribution < 1.29 is 9.47 Å². The van der Waals surface area contributed by atoms with Gasteiger partial charge in [-0.3, -0.25) is 0 Å². The van der Waals surface area contributed by atoms with Crippen LogP contribution in [0.3, 0.4) is 0 Å². The van der Waals surface area contributed by atoms with E-state index in [1.807, 2.05) is 12.1 Å². The Kier molecular flexibility index (Phi) is 5.12. The maximum atomic E-state index is 5.65. The zero-order valence-corrected chi connectivity index (χ0v) is 10.4. The van der Waals surface area contributed by atoms with Crippen molar-refractivity contribution >= 4 is 0 Å². The number of hydrogen-bond acceptors (Lipinski definition) is 3. The van der Waals surface area contributed by atoms with E-state index in [1.165, 1.54) is 11.1 Å². The molecule has 0 bridgehead atoms. The summed E-state index contributed by atoms with van der Waals surface area (Å²) in [7, 11) is 1.66. The lowest BCUT2D eigenvalue weighted by Crippen LogP contribution is -2.06. The molecular formula is C13H21NO2. The second kappa shape index (κ2) is 6.38. The molecule has 0 aliphatic heterocycles. The van der Waals surface area contributed by atoms with Crippen molar-refractivity contribution in [1.82, 2.24) is 0 Å². The minimum Gasteiger partial charge on any atom is -0.493 e. The van der Waals surface area contributed by atoms with Crippen LogP contribution < -0.4 is 15.2 Å². The molecule has 3 nitrogen and oxygen atoms in total. The molecule has 16 heavy (non-hydrogen) atoms. The second-order valence-electron chi connectivity index (χ2n) is 3.82. The van der Waals surface area contributed by atoms with Crippen LogP contribution in [0.1, 0.15) is 24.5 Å². The number of hydrogen-bond donors (Lipinski definition) is 1. The molecular weight excluding hydrogens is 202 g/mol. The van der Waals surface area contributed by atoms with E-state index in [0.717, 1.165) is 24.3 Å². The van der Waals surface area contributed by atoms with Gasteiger partial charge < -0.3 is 15.2 Å². The van der Waals surface area contributed by atoms with E-state index < -0.39 is 0 Å². The Balaban J connectivity index is 2.97. The Morgan fingerprint density at radius 1 is 1.25 bits per heavy atom. The zero-order chi connectivity index (χ0) is 12.0. The highest BCUT2D eigenvalue weighted by Gasteiger charge is 2.08. The molecule has 0 fully saturated rings. The number of nitrogens with two attached hydrogens (primary N) is 1. The molecule has 0 spiro atoms. The summed E-state index contributed by atoms with van der Waals surface area (Å²) in [6, 6.07) is 4.05. The molecule has 0 heterocycles. The number of ether oxygens (including phenoxy) is 2. The largest absolute Gasteiger partial charge is 0.493 e. The van der Waals surface area contributed by atoms with Crippen molar-refractivity contribution in [2.75, 3.05) is 20.3 Å². The van der Waals surface area contributed by atoms with Crippen LogP contribution in [0.2, 0.25) is 0 Å². The smallest absolute Gasteiger partial charge is 0.161 e. The monoisotopic (exact) mass is 223 g/mol. The van der Waals surface area contributed by atoms with Crippen LogP contribution in [0.5, 0.6) is 11.5 Å². The van der Waals surface area contributed by atoms with Gasteiger partial charge in [-0.25, -0.2) is 0 Å². The number of methoxy groups -OCH3 is 1. The average Bonchev–Trinajstić information content (AvgIpc) is 2.29. The van der Waals surface area contributed by atoms with E-state index in [0.29, 0.717) is 13.2 Å². The molecule has 0 aliphatic carbocycles. The summed E-state index contributed by atoms with van der Waals surface area (Å²) >= 11 is 0. The molecule has 0 aliphatic rings. The Hall–Kier alpha value is -1.22. The van der Waals surface area contributed by atoms with Crippen LogP contribution in [0.4, 0.5) is 0 Å². The third-order valence-corrected chi connectivity index (χ3v) is 2.50. The first kappa shape index (κ1) is 12.8. The zero-order valence-electron chi connectivity index (χ0n) is 10.4. The van der Waals surface area contributed by atoms with Crippen LogP contribution in [-0.4, -0.2) is 20.3 Å². The SMILES string of the molecule is CCCOc1cc(CCN)c(C)cc1OC. The van der Waals surface area contributed by atoms with E-state index in [4.69, 9.17) is 15.2 Å². The molecule has 0 atom stereocenters. The standard InChI is InChI=1S/C13H21NO2/c1-4-7-16-13-9-11(5-6-14)10(2)8-12(13)15-3/h8-9H,4-7,14H2,1-3H3. The van der Waals surface area contributed by atoms with Gasteiger partial charge in [-0.15, -0.1) is 0 Å². The summed E-state index contributed by atoms with van der Waals surface area (Å²) in [6.07, 6.45) is 1.86. The maximum absolute atomic E-state index is 5.65. The molecule has 0 amide bonds. The van der Waals surface area contributed by atoms with Crippen LogP contribution in [-0.2, 0) is 6.42 Å². The fourth-order valence-corrected chi connectivity index (χ4v) is 1.61. The average molecular weight is 223 g/mol. The van der Waals surface area contributed by atoms with Crippen molar-refractivity contribution in [3.8, 4) is 11.5 Å². The minimum absolute atomic E-state index is 0.653. The minimum atomic E-state index is 0.653.